The number of nitro groups is 1. The van der Waals surface area contributed by atoms with Crippen molar-refractivity contribution in [3.63, 3.8) is 0 Å². The van der Waals surface area contributed by atoms with Gasteiger partial charge in [0.05, 0.1) is 4.92 Å². The zero-order valence-electron chi connectivity index (χ0n) is 10.4. The van der Waals surface area contributed by atoms with E-state index in [1.807, 2.05) is 13.0 Å². The summed E-state index contributed by atoms with van der Waals surface area (Å²) in [6, 6.07) is 3.48. The fraction of sp³-hybridized carbons (Fsp3) is 0.500. The van der Waals surface area contributed by atoms with Gasteiger partial charge in [-0.25, -0.2) is 0 Å². The molecule has 5 heteroatoms. The van der Waals surface area contributed by atoms with Crippen LogP contribution in [0.3, 0.4) is 0 Å². The summed E-state index contributed by atoms with van der Waals surface area (Å²) in [6.45, 7) is 4.58. The first kappa shape index (κ1) is 13.8. The van der Waals surface area contributed by atoms with Crippen molar-refractivity contribution in [2.24, 2.45) is 0 Å². The molecular formula is C12H18N2O2S. The molecule has 0 heterocycles. The van der Waals surface area contributed by atoms with Gasteiger partial charge in [0, 0.05) is 23.9 Å². The van der Waals surface area contributed by atoms with Gasteiger partial charge in [-0.15, -0.1) is 0 Å². The van der Waals surface area contributed by atoms with Crippen LogP contribution in [0.5, 0.6) is 0 Å². The predicted molar refractivity (Wildman–Crippen MR) is 74.1 cm³/mol. The van der Waals surface area contributed by atoms with Crippen LogP contribution in [0, 0.1) is 24.0 Å². The first-order valence-electron chi connectivity index (χ1n) is 5.54. The molecule has 0 saturated carbocycles. The van der Waals surface area contributed by atoms with E-state index in [9.17, 15) is 10.1 Å². The van der Waals surface area contributed by atoms with E-state index in [1.165, 1.54) is 0 Å². The van der Waals surface area contributed by atoms with Gasteiger partial charge in [0.1, 0.15) is 0 Å². The molecule has 94 valence electrons. The highest BCUT2D eigenvalue weighted by Crippen LogP contribution is 2.26. The molecule has 0 bridgehead atoms. The molecule has 4 nitrogen and oxygen atoms in total. The topological polar surface area (TPSA) is 55.2 Å². The fourth-order valence-corrected chi connectivity index (χ4v) is 2.10. The van der Waals surface area contributed by atoms with E-state index in [2.05, 4.69) is 11.6 Å². The van der Waals surface area contributed by atoms with Gasteiger partial charge < -0.3 is 5.32 Å². The largest absolute Gasteiger partial charge is 0.385 e. The average molecular weight is 254 g/mol. The minimum atomic E-state index is -0.331. The molecule has 0 aliphatic carbocycles. The summed E-state index contributed by atoms with van der Waals surface area (Å²) in [4.78, 5) is 10.5. The van der Waals surface area contributed by atoms with Crippen LogP contribution in [0.15, 0.2) is 12.1 Å². The summed E-state index contributed by atoms with van der Waals surface area (Å²) < 4.78 is 0. The lowest BCUT2D eigenvalue weighted by Gasteiger charge is -2.10. The van der Waals surface area contributed by atoms with Gasteiger partial charge >= 0.3 is 0 Å². The zero-order valence-corrected chi connectivity index (χ0v) is 11.3. The molecule has 0 saturated heterocycles. The Morgan fingerprint density at radius 3 is 2.65 bits per heavy atom. The van der Waals surface area contributed by atoms with E-state index in [4.69, 9.17) is 0 Å². The third kappa shape index (κ3) is 3.93. The quantitative estimate of drug-likeness (QED) is 0.480. The molecule has 0 aliphatic rings. The van der Waals surface area contributed by atoms with Crippen molar-refractivity contribution in [1.82, 2.24) is 0 Å². The van der Waals surface area contributed by atoms with Crippen LogP contribution in [0.1, 0.15) is 17.5 Å². The van der Waals surface area contributed by atoms with Gasteiger partial charge in [0.15, 0.2) is 0 Å². The summed E-state index contributed by atoms with van der Waals surface area (Å²) in [5, 5.41) is 14.1. The molecule has 0 amide bonds. The number of nitrogens with one attached hydrogen (secondary N) is 1. The number of hydrogen-bond donors (Lipinski definition) is 1. The number of nitro benzene ring substituents is 1. The highest BCUT2D eigenvalue weighted by Gasteiger charge is 2.13. The molecule has 0 fully saturated rings. The molecule has 1 aromatic carbocycles. The second kappa shape index (κ2) is 6.49. The van der Waals surface area contributed by atoms with Gasteiger partial charge in [0.2, 0.25) is 0 Å². The first-order valence-corrected chi connectivity index (χ1v) is 6.94. The van der Waals surface area contributed by atoms with E-state index < -0.39 is 0 Å². The first-order chi connectivity index (χ1) is 8.06. The number of aryl methyl sites for hydroxylation is 2. The fourth-order valence-electron chi connectivity index (χ4n) is 1.67. The lowest BCUT2D eigenvalue weighted by Crippen LogP contribution is -2.05. The Morgan fingerprint density at radius 2 is 2.06 bits per heavy atom. The van der Waals surface area contributed by atoms with Crippen molar-refractivity contribution in [2.45, 2.75) is 20.3 Å². The van der Waals surface area contributed by atoms with Crippen LogP contribution in [-0.2, 0) is 0 Å². The van der Waals surface area contributed by atoms with Crippen LogP contribution < -0.4 is 5.32 Å². The third-order valence-corrected chi connectivity index (χ3v) is 3.28. The second-order valence-electron chi connectivity index (χ2n) is 3.98. The Morgan fingerprint density at radius 1 is 1.35 bits per heavy atom. The second-order valence-corrected chi connectivity index (χ2v) is 4.97. The molecule has 1 N–H and O–H groups in total. The Balaban J connectivity index is 2.77. The van der Waals surface area contributed by atoms with Crippen LogP contribution in [0.2, 0.25) is 0 Å². The number of rotatable bonds is 6. The van der Waals surface area contributed by atoms with Crippen LogP contribution >= 0.6 is 11.8 Å². The monoisotopic (exact) mass is 254 g/mol. The molecule has 0 spiro atoms. The lowest BCUT2D eigenvalue weighted by molar-refractivity contribution is -0.385. The van der Waals surface area contributed by atoms with Gasteiger partial charge in [-0.05, 0) is 43.9 Å². The SMILES string of the molecule is CSCCCNc1cc([N+](=O)[O-])c(C)cc1C. The van der Waals surface area contributed by atoms with Crippen molar-refractivity contribution in [3.8, 4) is 0 Å². The Bertz CT molecular complexity index is 408. The summed E-state index contributed by atoms with van der Waals surface area (Å²) >= 11 is 1.80. The number of benzene rings is 1. The Kier molecular flexibility index (Phi) is 5.28. The van der Waals surface area contributed by atoms with E-state index in [0.717, 1.165) is 30.0 Å². The Hall–Kier alpha value is -1.23. The van der Waals surface area contributed by atoms with Crippen molar-refractivity contribution in [1.29, 1.82) is 0 Å². The predicted octanol–water partition coefficient (Wildman–Crippen LogP) is 3.38. The maximum atomic E-state index is 10.8. The molecule has 1 aromatic rings. The van der Waals surface area contributed by atoms with Gasteiger partial charge in [-0.2, -0.15) is 11.8 Å². The van der Waals surface area contributed by atoms with Crippen molar-refractivity contribution in [2.75, 3.05) is 23.9 Å². The number of thioether (sulfide) groups is 1. The lowest BCUT2D eigenvalue weighted by atomic mass is 10.1. The number of hydrogen-bond acceptors (Lipinski definition) is 4. The normalized spacial score (nSPS) is 10.3. The van der Waals surface area contributed by atoms with Gasteiger partial charge in [-0.1, -0.05) is 0 Å². The molecular weight excluding hydrogens is 236 g/mol. The minimum Gasteiger partial charge on any atom is -0.385 e. The molecule has 17 heavy (non-hydrogen) atoms. The van der Waals surface area contributed by atoms with E-state index >= 15 is 0 Å². The minimum absolute atomic E-state index is 0.183. The maximum absolute atomic E-state index is 10.8. The highest BCUT2D eigenvalue weighted by molar-refractivity contribution is 7.98. The maximum Gasteiger partial charge on any atom is 0.274 e. The average Bonchev–Trinajstić information content (AvgIpc) is 2.26. The molecule has 0 aliphatic heterocycles. The molecule has 1 rings (SSSR count). The summed E-state index contributed by atoms with van der Waals surface area (Å²) in [5.41, 5.74) is 2.81. The molecule has 0 radical (unpaired) electrons. The summed E-state index contributed by atoms with van der Waals surface area (Å²) in [6.07, 6.45) is 3.13. The summed E-state index contributed by atoms with van der Waals surface area (Å²) in [7, 11) is 0. The van der Waals surface area contributed by atoms with Crippen molar-refractivity contribution in [3.05, 3.63) is 33.4 Å². The Labute approximate surface area is 106 Å². The third-order valence-electron chi connectivity index (χ3n) is 2.58. The highest BCUT2D eigenvalue weighted by atomic mass is 32.2. The van der Waals surface area contributed by atoms with Gasteiger partial charge in [0.25, 0.3) is 5.69 Å². The molecule has 0 unspecified atom stereocenters. The van der Waals surface area contributed by atoms with Crippen molar-refractivity contribution < 1.29 is 4.92 Å². The number of anilines is 1. The van der Waals surface area contributed by atoms with Crippen LogP contribution in [0.4, 0.5) is 11.4 Å². The van der Waals surface area contributed by atoms with E-state index in [-0.39, 0.29) is 10.6 Å². The number of nitrogens with zero attached hydrogens (tertiary/aromatic N) is 1. The van der Waals surface area contributed by atoms with E-state index in [1.54, 1.807) is 24.8 Å². The molecule has 0 aromatic heterocycles. The molecule has 0 atom stereocenters. The van der Waals surface area contributed by atoms with Crippen LogP contribution in [0.25, 0.3) is 0 Å². The smallest absolute Gasteiger partial charge is 0.274 e. The van der Waals surface area contributed by atoms with Crippen molar-refractivity contribution >= 4 is 23.1 Å². The van der Waals surface area contributed by atoms with Crippen LogP contribution in [-0.4, -0.2) is 23.5 Å². The summed E-state index contributed by atoms with van der Waals surface area (Å²) in [5.74, 6) is 1.10. The van der Waals surface area contributed by atoms with Gasteiger partial charge in [-0.3, -0.25) is 10.1 Å². The van der Waals surface area contributed by atoms with E-state index in [0.29, 0.717) is 5.56 Å². The standard InChI is InChI=1S/C12H18N2O2S/c1-9-7-10(2)12(14(15)16)8-11(9)13-5-4-6-17-3/h7-8,13H,4-6H2,1-3H3. The zero-order chi connectivity index (χ0) is 12.8.